The summed E-state index contributed by atoms with van der Waals surface area (Å²) in [6, 6.07) is 0.484. The van der Waals surface area contributed by atoms with Crippen LogP contribution in [-0.4, -0.2) is 59.9 Å². The summed E-state index contributed by atoms with van der Waals surface area (Å²) in [6.45, 7) is 0.392. The van der Waals surface area contributed by atoms with Gasteiger partial charge in [0.05, 0.1) is 11.5 Å². The minimum Gasteiger partial charge on any atom is -0.477 e. The standard InChI is InChI=1S/C16H17FN4O5/c1-19-6-26-15-12-7(14(23)8(16(24)25)3-21(12)19)2-9(17)13(15)20-4-10(18)11(22)5-20/h2-3,10-11,22H,4-6,18H2,1H3,(H,24,25)/t10-,11-/m0/s1. The predicted molar refractivity (Wildman–Crippen MR) is 91.0 cm³/mol. The van der Waals surface area contributed by atoms with E-state index in [2.05, 4.69) is 0 Å². The molecule has 9 nitrogen and oxygen atoms in total. The number of carboxylic acid groups (broad SMARTS) is 1. The first-order chi connectivity index (χ1) is 12.3. The Bertz CT molecular complexity index is 981. The van der Waals surface area contributed by atoms with Crippen molar-refractivity contribution in [2.45, 2.75) is 12.1 Å². The molecular weight excluding hydrogens is 347 g/mol. The highest BCUT2D eigenvalue weighted by Crippen LogP contribution is 2.41. The number of hydrogen-bond acceptors (Lipinski definition) is 7. The number of carbonyl (C=O) groups is 1. The summed E-state index contributed by atoms with van der Waals surface area (Å²) in [5, 5.41) is 20.6. The zero-order chi connectivity index (χ0) is 18.7. The molecule has 4 rings (SSSR count). The number of hydrogen-bond donors (Lipinski definition) is 3. The Labute approximate surface area is 146 Å². The summed E-state index contributed by atoms with van der Waals surface area (Å²) in [5.41, 5.74) is 4.96. The van der Waals surface area contributed by atoms with E-state index in [1.165, 1.54) is 10.9 Å². The molecule has 2 aliphatic rings. The van der Waals surface area contributed by atoms with Crippen molar-refractivity contribution in [3.63, 3.8) is 0 Å². The maximum Gasteiger partial charge on any atom is 0.341 e. The van der Waals surface area contributed by atoms with Crippen LogP contribution in [0, 0.1) is 5.82 Å². The monoisotopic (exact) mass is 364 g/mol. The van der Waals surface area contributed by atoms with E-state index in [1.54, 1.807) is 17.0 Å². The second-order valence-corrected chi connectivity index (χ2v) is 6.52. The largest absolute Gasteiger partial charge is 0.477 e. The SMILES string of the molecule is CN1COc2c(N3C[C@H](N)[C@@H](O)C3)c(F)cc3c(=O)c(C(=O)O)cn1c23. The molecule has 10 heteroatoms. The Morgan fingerprint density at radius 3 is 2.77 bits per heavy atom. The molecule has 2 aliphatic heterocycles. The van der Waals surface area contributed by atoms with Gasteiger partial charge in [-0.3, -0.25) is 14.5 Å². The van der Waals surface area contributed by atoms with Gasteiger partial charge in [0.2, 0.25) is 5.43 Å². The highest BCUT2D eigenvalue weighted by molar-refractivity contribution is 5.97. The van der Waals surface area contributed by atoms with Gasteiger partial charge >= 0.3 is 5.97 Å². The summed E-state index contributed by atoms with van der Waals surface area (Å²) in [4.78, 5) is 25.4. The van der Waals surface area contributed by atoms with Crippen LogP contribution in [0.25, 0.3) is 10.9 Å². The molecule has 1 aromatic carbocycles. The van der Waals surface area contributed by atoms with Crippen LogP contribution in [0.5, 0.6) is 5.75 Å². The number of halogens is 1. The molecule has 3 heterocycles. The number of ether oxygens (including phenoxy) is 1. The lowest BCUT2D eigenvalue weighted by atomic mass is 10.1. The maximum absolute atomic E-state index is 14.9. The Kier molecular flexibility index (Phi) is 3.56. The first-order valence-corrected chi connectivity index (χ1v) is 7.97. The van der Waals surface area contributed by atoms with Crippen LogP contribution < -0.4 is 25.8 Å². The van der Waals surface area contributed by atoms with Gasteiger partial charge in [-0.25, -0.2) is 9.18 Å². The van der Waals surface area contributed by atoms with Crippen molar-refractivity contribution in [1.29, 1.82) is 0 Å². The Morgan fingerprint density at radius 2 is 2.15 bits per heavy atom. The van der Waals surface area contributed by atoms with Crippen molar-refractivity contribution < 1.29 is 24.1 Å². The molecule has 1 saturated heterocycles. The van der Waals surface area contributed by atoms with Gasteiger partial charge < -0.3 is 25.6 Å². The third-order valence-electron chi connectivity index (χ3n) is 4.80. The lowest BCUT2D eigenvalue weighted by Crippen LogP contribution is -2.40. The molecule has 26 heavy (non-hydrogen) atoms. The molecule has 0 radical (unpaired) electrons. The number of aromatic carboxylic acids is 1. The molecule has 0 saturated carbocycles. The summed E-state index contributed by atoms with van der Waals surface area (Å²) in [5.74, 6) is -1.99. The highest BCUT2D eigenvalue weighted by Gasteiger charge is 2.35. The van der Waals surface area contributed by atoms with Crippen LogP contribution in [0.4, 0.5) is 10.1 Å². The Morgan fingerprint density at radius 1 is 1.42 bits per heavy atom. The van der Waals surface area contributed by atoms with Gasteiger partial charge in [-0.2, -0.15) is 0 Å². The van der Waals surface area contributed by atoms with E-state index in [9.17, 15) is 24.2 Å². The van der Waals surface area contributed by atoms with Crippen LogP contribution in [0.15, 0.2) is 17.1 Å². The van der Waals surface area contributed by atoms with Crippen LogP contribution >= 0.6 is 0 Å². The van der Waals surface area contributed by atoms with Crippen molar-refractivity contribution in [3.8, 4) is 5.75 Å². The lowest BCUT2D eigenvalue weighted by Gasteiger charge is -2.33. The fourth-order valence-electron chi connectivity index (χ4n) is 3.47. The summed E-state index contributed by atoms with van der Waals surface area (Å²) in [6.07, 6.45) is 0.394. The molecule has 4 N–H and O–H groups in total. The Hall–Kier alpha value is -2.85. The number of rotatable bonds is 2. The zero-order valence-electron chi connectivity index (χ0n) is 13.8. The van der Waals surface area contributed by atoms with Crippen LogP contribution in [0.1, 0.15) is 10.4 Å². The number of β-amino-alcohol motifs (C(OH)–C–C–N with tert-alkyl or cyclic N) is 1. The third kappa shape index (κ3) is 2.22. The number of benzene rings is 1. The lowest BCUT2D eigenvalue weighted by molar-refractivity contribution is 0.0694. The van der Waals surface area contributed by atoms with Crippen molar-refractivity contribution in [2.24, 2.45) is 5.73 Å². The molecule has 0 spiro atoms. The highest BCUT2D eigenvalue weighted by atomic mass is 19.1. The van der Waals surface area contributed by atoms with E-state index in [0.29, 0.717) is 0 Å². The molecule has 138 valence electrons. The van der Waals surface area contributed by atoms with E-state index >= 15 is 0 Å². The Balaban J connectivity index is 2.04. The van der Waals surface area contributed by atoms with Crippen molar-refractivity contribution >= 4 is 22.6 Å². The van der Waals surface area contributed by atoms with Gasteiger partial charge in [-0.1, -0.05) is 0 Å². The normalized spacial score (nSPS) is 22.0. The first kappa shape index (κ1) is 16.6. The van der Waals surface area contributed by atoms with Crippen LogP contribution in [0.2, 0.25) is 0 Å². The van der Waals surface area contributed by atoms with E-state index in [1.807, 2.05) is 0 Å². The molecular formula is C16H17FN4O5. The summed E-state index contributed by atoms with van der Waals surface area (Å²) < 4.78 is 22.0. The number of pyridine rings is 1. The molecule has 2 atom stereocenters. The predicted octanol–water partition coefficient (Wildman–Crippen LogP) is -0.735. The number of anilines is 1. The van der Waals surface area contributed by atoms with Gasteiger partial charge in [0.1, 0.15) is 16.8 Å². The fourth-order valence-corrected chi connectivity index (χ4v) is 3.47. The summed E-state index contributed by atoms with van der Waals surface area (Å²) in [7, 11) is 1.65. The number of nitrogens with two attached hydrogens (primary N) is 1. The van der Waals surface area contributed by atoms with E-state index in [0.717, 1.165) is 6.07 Å². The number of aliphatic hydroxyl groups excluding tert-OH is 1. The van der Waals surface area contributed by atoms with E-state index < -0.39 is 34.9 Å². The second kappa shape index (κ2) is 5.58. The molecule has 0 bridgehead atoms. The van der Waals surface area contributed by atoms with Crippen molar-refractivity contribution in [2.75, 3.05) is 36.8 Å². The quantitative estimate of drug-likeness (QED) is 0.637. The van der Waals surface area contributed by atoms with Gasteiger partial charge in [0.15, 0.2) is 18.3 Å². The number of nitrogens with zero attached hydrogens (tertiary/aromatic N) is 3. The smallest absolute Gasteiger partial charge is 0.341 e. The molecule has 0 unspecified atom stereocenters. The van der Waals surface area contributed by atoms with E-state index in [4.69, 9.17) is 10.5 Å². The average Bonchev–Trinajstić information content (AvgIpc) is 2.90. The van der Waals surface area contributed by atoms with Gasteiger partial charge in [-0.05, 0) is 6.07 Å². The van der Waals surface area contributed by atoms with Gasteiger partial charge in [-0.15, -0.1) is 0 Å². The molecule has 1 aromatic heterocycles. The third-order valence-corrected chi connectivity index (χ3v) is 4.80. The molecule has 1 fully saturated rings. The zero-order valence-corrected chi connectivity index (χ0v) is 13.8. The van der Waals surface area contributed by atoms with Gasteiger partial charge in [0, 0.05) is 32.4 Å². The fraction of sp³-hybridized carbons (Fsp3) is 0.375. The van der Waals surface area contributed by atoms with Crippen LogP contribution in [-0.2, 0) is 0 Å². The number of aliphatic hydroxyl groups is 1. The summed E-state index contributed by atoms with van der Waals surface area (Å²) >= 11 is 0. The molecule has 0 aliphatic carbocycles. The number of aromatic nitrogens is 1. The van der Waals surface area contributed by atoms with Crippen molar-refractivity contribution in [1.82, 2.24) is 4.68 Å². The minimum absolute atomic E-state index is 0.0307. The second-order valence-electron chi connectivity index (χ2n) is 6.52. The van der Waals surface area contributed by atoms with Crippen molar-refractivity contribution in [3.05, 3.63) is 33.9 Å². The first-order valence-electron chi connectivity index (χ1n) is 7.97. The molecule has 0 amide bonds. The maximum atomic E-state index is 14.9. The average molecular weight is 364 g/mol. The number of carboxylic acids is 1. The van der Waals surface area contributed by atoms with Crippen LogP contribution in [0.3, 0.4) is 0 Å². The topological polar surface area (TPSA) is 121 Å². The van der Waals surface area contributed by atoms with E-state index in [-0.39, 0.29) is 42.2 Å². The van der Waals surface area contributed by atoms with Gasteiger partial charge in [0.25, 0.3) is 0 Å². The molecule has 2 aromatic rings. The minimum atomic E-state index is -1.39.